The molecule has 1 amide bonds. The van der Waals surface area contributed by atoms with Gasteiger partial charge in [-0.3, -0.25) is 9.78 Å². The molecule has 0 radical (unpaired) electrons. The third kappa shape index (κ3) is 5.23. The van der Waals surface area contributed by atoms with Gasteiger partial charge in [-0.15, -0.1) is 0 Å². The van der Waals surface area contributed by atoms with Gasteiger partial charge in [-0.2, -0.15) is 33.1 Å². The molecule has 0 unspecified atom stereocenters. The highest BCUT2D eigenvalue weighted by Crippen LogP contribution is 2.24. The first-order valence-electron chi connectivity index (χ1n) is 9.65. The lowest BCUT2D eigenvalue weighted by atomic mass is 10.2. The average Bonchev–Trinajstić information content (AvgIpc) is 3.32. The number of pyridine rings is 1. The van der Waals surface area contributed by atoms with Crippen LogP contribution in [0.25, 0.3) is 23.1 Å². The third-order valence-corrected chi connectivity index (χ3v) is 4.40. The van der Waals surface area contributed by atoms with E-state index in [1.54, 1.807) is 17.3 Å². The fraction of sp³-hybridized carbons (Fsp3) is 0.150. The average molecular weight is 471 g/mol. The summed E-state index contributed by atoms with van der Waals surface area (Å²) in [6.07, 6.45) is -3.31. The number of halogens is 3. The van der Waals surface area contributed by atoms with Crippen LogP contribution >= 0.6 is 0 Å². The lowest BCUT2D eigenvalue weighted by Gasteiger charge is -2.17. The summed E-state index contributed by atoms with van der Waals surface area (Å²) in [5.41, 5.74) is 6.78. The molecule has 4 rings (SSSR count). The minimum absolute atomic E-state index is 0.0267. The van der Waals surface area contributed by atoms with Gasteiger partial charge >= 0.3 is 6.18 Å². The van der Waals surface area contributed by atoms with Crippen LogP contribution in [-0.2, 0) is 0 Å². The van der Waals surface area contributed by atoms with Crippen molar-refractivity contribution in [2.75, 3.05) is 24.2 Å². The van der Waals surface area contributed by atoms with Crippen LogP contribution in [0.3, 0.4) is 0 Å². The Kier molecular flexibility index (Phi) is 6.03. The van der Waals surface area contributed by atoms with Crippen LogP contribution < -0.4 is 16.0 Å². The van der Waals surface area contributed by atoms with Crippen molar-refractivity contribution in [3.8, 4) is 23.1 Å². The molecule has 3 heterocycles. The number of carbonyl (C=O) groups excluding carboxylic acids is 1. The molecule has 0 atom stereocenters. The zero-order chi connectivity index (χ0) is 24.3. The number of alkyl halides is 3. The van der Waals surface area contributed by atoms with Crippen molar-refractivity contribution >= 4 is 23.5 Å². The fourth-order valence-corrected chi connectivity index (χ4v) is 2.76. The normalized spacial score (nSPS) is 11.3. The quantitative estimate of drug-likeness (QED) is 0.430. The summed E-state index contributed by atoms with van der Waals surface area (Å²) in [4.78, 5) is 34.1. The number of anilines is 3. The molecular formula is C20H16F3N9O2. The first kappa shape index (κ1) is 22.6. The molecule has 11 nitrogen and oxygen atoms in total. The summed E-state index contributed by atoms with van der Waals surface area (Å²) in [5.74, 6) is -0.635. The smallest absolute Gasteiger partial charge is 0.368 e. The Bertz CT molecular complexity index is 1290. The second-order valence-corrected chi connectivity index (χ2v) is 6.86. The van der Waals surface area contributed by atoms with E-state index in [4.69, 9.17) is 10.3 Å². The molecule has 14 heteroatoms. The molecule has 0 aliphatic rings. The van der Waals surface area contributed by atoms with Crippen LogP contribution in [0.4, 0.5) is 30.8 Å². The molecule has 0 spiro atoms. The number of hydrogen-bond donors (Lipinski definition) is 2. The van der Waals surface area contributed by atoms with Crippen LogP contribution in [0, 0.1) is 0 Å². The van der Waals surface area contributed by atoms with Gasteiger partial charge < -0.3 is 20.5 Å². The Balaban J connectivity index is 1.53. The predicted octanol–water partition coefficient (Wildman–Crippen LogP) is 2.63. The van der Waals surface area contributed by atoms with Gasteiger partial charge in [0.2, 0.25) is 23.5 Å². The molecule has 0 aliphatic heterocycles. The van der Waals surface area contributed by atoms with E-state index in [0.717, 1.165) is 5.69 Å². The first-order chi connectivity index (χ1) is 16.2. The van der Waals surface area contributed by atoms with E-state index in [2.05, 4.69) is 30.1 Å². The van der Waals surface area contributed by atoms with Crippen LogP contribution in [0.2, 0.25) is 0 Å². The van der Waals surface area contributed by atoms with Crippen molar-refractivity contribution in [3.63, 3.8) is 0 Å². The van der Waals surface area contributed by atoms with Gasteiger partial charge in [-0.25, -0.2) is 0 Å². The van der Waals surface area contributed by atoms with Gasteiger partial charge in [0.1, 0.15) is 12.2 Å². The number of nitrogens with two attached hydrogens (primary N) is 1. The van der Waals surface area contributed by atoms with Crippen LogP contribution in [0.15, 0.2) is 53.2 Å². The van der Waals surface area contributed by atoms with Gasteiger partial charge in [0.15, 0.2) is 0 Å². The molecule has 0 aliphatic carbocycles. The molecule has 3 N–H and O–H groups in total. The van der Waals surface area contributed by atoms with Gasteiger partial charge in [-0.05, 0) is 24.3 Å². The Morgan fingerprint density at radius 2 is 1.82 bits per heavy atom. The number of hydrogen-bond acceptors (Lipinski definition) is 10. The van der Waals surface area contributed by atoms with E-state index in [1.165, 1.54) is 18.3 Å². The lowest BCUT2D eigenvalue weighted by molar-refractivity contribution is -0.123. The van der Waals surface area contributed by atoms with Crippen LogP contribution in [-0.4, -0.2) is 55.8 Å². The van der Waals surface area contributed by atoms with Crippen molar-refractivity contribution in [1.29, 1.82) is 0 Å². The van der Waals surface area contributed by atoms with Gasteiger partial charge in [0.05, 0.1) is 5.56 Å². The highest BCUT2D eigenvalue weighted by molar-refractivity contribution is 5.92. The van der Waals surface area contributed by atoms with Crippen LogP contribution in [0.5, 0.6) is 0 Å². The maximum Gasteiger partial charge on any atom is 0.405 e. The molecule has 3 aromatic heterocycles. The highest BCUT2D eigenvalue weighted by Gasteiger charge is 2.28. The van der Waals surface area contributed by atoms with E-state index in [0.29, 0.717) is 5.56 Å². The fourth-order valence-electron chi connectivity index (χ4n) is 2.76. The van der Waals surface area contributed by atoms with Crippen molar-refractivity contribution in [1.82, 2.24) is 35.4 Å². The molecular weight excluding hydrogens is 455 g/mol. The minimum Gasteiger partial charge on any atom is -0.368 e. The SMILES string of the molecule is CN(c1ccccc1)c1nc(N)nc(-c2noc(-c3ccc(C(=O)NCC(F)(F)F)nc3)n2)n1. The number of aromatic nitrogens is 6. The number of para-hydroxylation sites is 1. The minimum atomic E-state index is -4.52. The second kappa shape index (κ2) is 9.09. The molecule has 34 heavy (non-hydrogen) atoms. The summed E-state index contributed by atoms with van der Waals surface area (Å²) in [5, 5.41) is 5.59. The van der Waals surface area contributed by atoms with Gasteiger partial charge in [-0.1, -0.05) is 23.4 Å². The van der Waals surface area contributed by atoms with E-state index in [1.807, 2.05) is 30.3 Å². The van der Waals surface area contributed by atoms with Crippen molar-refractivity contribution in [3.05, 3.63) is 54.4 Å². The molecule has 0 saturated carbocycles. The molecule has 4 aromatic rings. The Morgan fingerprint density at radius 1 is 1.06 bits per heavy atom. The lowest BCUT2D eigenvalue weighted by Crippen LogP contribution is -2.34. The monoisotopic (exact) mass is 471 g/mol. The summed E-state index contributed by atoms with van der Waals surface area (Å²) in [6, 6.07) is 12.0. The second-order valence-electron chi connectivity index (χ2n) is 6.86. The van der Waals surface area contributed by atoms with Crippen molar-refractivity contribution < 1.29 is 22.5 Å². The van der Waals surface area contributed by atoms with Gasteiger partial charge in [0, 0.05) is 18.9 Å². The van der Waals surface area contributed by atoms with Crippen molar-refractivity contribution in [2.24, 2.45) is 0 Å². The summed E-state index contributed by atoms with van der Waals surface area (Å²) in [6.45, 7) is -1.46. The number of rotatable bonds is 6. The van der Waals surface area contributed by atoms with Gasteiger partial charge in [0.25, 0.3) is 11.8 Å². The van der Waals surface area contributed by atoms with Crippen LogP contribution in [0.1, 0.15) is 10.5 Å². The number of amides is 1. The Morgan fingerprint density at radius 3 is 2.50 bits per heavy atom. The zero-order valence-corrected chi connectivity index (χ0v) is 17.5. The summed E-state index contributed by atoms with van der Waals surface area (Å²) < 4.78 is 42.0. The number of nitrogens with one attached hydrogen (secondary N) is 1. The predicted molar refractivity (Wildman–Crippen MR) is 114 cm³/mol. The molecule has 174 valence electrons. The molecule has 0 bridgehead atoms. The van der Waals surface area contributed by atoms with E-state index in [9.17, 15) is 18.0 Å². The molecule has 0 saturated heterocycles. The maximum atomic E-state index is 12.3. The third-order valence-electron chi connectivity index (χ3n) is 4.40. The standard InChI is InChI=1S/C20H16F3N9O2/c1-32(12-5-3-2-4-6-12)19-29-14(28-18(24)30-19)15-27-17(34-31-15)11-7-8-13(25-9-11)16(33)26-10-20(21,22)23/h2-9H,10H2,1H3,(H,26,33)(H2,24,28,29,30). The summed E-state index contributed by atoms with van der Waals surface area (Å²) >= 11 is 0. The number of nitrogen functional groups attached to an aromatic ring is 1. The first-order valence-corrected chi connectivity index (χ1v) is 9.65. The summed E-state index contributed by atoms with van der Waals surface area (Å²) in [7, 11) is 1.76. The largest absolute Gasteiger partial charge is 0.405 e. The number of benzene rings is 1. The molecule has 1 aromatic carbocycles. The topological polar surface area (TPSA) is 149 Å². The Labute approximate surface area is 189 Å². The highest BCUT2D eigenvalue weighted by atomic mass is 19.4. The van der Waals surface area contributed by atoms with Crippen molar-refractivity contribution in [2.45, 2.75) is 6.18 Å². The number of carbonyl (C=O) groups is 1. The molecule has 0 fully saturated rings. The maximum absolute atomic E-state index is 12.3. The van der Waals surface area contributed by atoms with E-state index in [-0.39, 0.29) is 35.1 Å². The van der Waals surface area contributed by atoms with E-state index < -0.39 is 18.6 Å². The number of nitrogens with zero attached hydrogens (tertiary/aromatic N) is 7. The Hall–Kier alpha value is -4.62. The zero-order valence-electron chi connectivity index (χ0n) is 17.5. The van der Waals surface area contributed by atoms with E-state index >= 15 is 0 Å².